The fourth-order valence-electron chi connectivity index (χ4n) is 2.60. The first-order valence-electron chi connectivity index (χ1n) is 8.56. The summed E-state index contributed by atoms with van der Waals surface area (Å²) in [6, 6.07) is 17.6. The summed E-state index contributed by atoms with van der Waals surface area (Å²) in [5.41, 5.74) is 1.30. The molecular weight excluding hydrogens is 410 g/mol. The van der Waals surface area contributed by atoms with Crippen LogP contribution in [0.1, 0.15) is 12.8 Å². The molecule has 0 heterocycles. The highest BCUT2D eigenvalue weighted by molar-refractivity contribution is 9.09. The zero-order chi connectivity index (χ0) is 19.1. The molecule has 3 rings (SSSR count). The molecule has 0 saturated carbocycles. The zero-order valence-corrected chi connectivity index (χ0v) is 16.1. The van der Waals surface area contributed by atoms with Gasteiger partial charge in [-0.1, -0.05) is 40.2 Å². The monoisotopic (exact) mass is 427 g/mol. The van der Waals surface area contributed by atoms with Gasteiger partial charge < -0.3 is 4.74 Å². The van der Waals surface area contributed by atoms with Gasteiger partial charge in [-0.25, -0.2) is 0 Å². The van der Waals surface area contributed by atoms with Crippen LogP contribution in [0.4, 0.5) is 17.1 Å². The molecule has 138 valence electrons. The van der Waals surface area contributed by atoms with E-state index in [0.29, 0.717) is 12.3 Å². The standard InChI is InChI=1S/C20H18BrN3O3/c21-13-3-4-14-27-20-12-11-19(17-5-1-2-6-18(17)20)23-22-15-7-9-16(10-8-15)24(25)26/h1-2,5-12H,3-4,13-14H2. The Bertz CT molecular complexity index is 958. The van der Waals surface area contributed by atoms with Crippen LogP contribution < -0.4 is 4.74 Å². The number of hydrogen-bond acceptors (Lipinski definition) is 5. The molecule has 0 amide bonds. The Kier molecular flexibility index (Phi) is 6.49. The quantitative estimate of drug-likeness (QED) is 0.131. The summed E-state index contributed by atoms with van der Waals surface area (Å²) in [5.74, 6) is 0.828. The first kappa shape index (κ1) is 19.0. The lowest BCUT2D eigenvalue weighted by molar-refractivity contribution is -0.384. The van der Waals surface area contributed by atoms with Crippen LogP contribution in [-0.4, -0.2) is 16.9 Å². The lowest BCUT2D eigenvalue weighted by atomic mass is 10.1. The second kappa shape index (κ2) is 9.23. The molecule has 3 aromatic rings. The molecule has 0 aliphatic heterocycles. The molecule has 3 aromatic carbocycles. The first-order valence-corrected chi connectivity index (χ1v) is 9.68. The SMILES string of the molecule is O=[N+]([O-])c1ccc(N=Nc2ccc(OCCCCBr)c3ccccc23)cc1. The van der Waals surface area contributed by atoms with E-state index >= 15 is 0 Å². The highest BCUT2D eigenvalue weighted by atomic mass is 79.9. The second-order valence-corrected chi connectivity index (χ2v) is 6.64. The van der Waals surface area contributed by atoms with Gasteiger partial charge in [0.05, 0.1) is 22.9 Å². The minimum atomic E-state index is -0.439. The number of nitro groups is 1. The van der Waals surface area contributed by atoms with E-state index in [1.165, 1.54) is 12.1 Å². The predicted molar refractivity (Wildman–Crippen MR) is 110 cm³/mol. The highest BCUT2D eigenvalue weighted by Gasteiger charge is 2.07. The smallest absolute Gasteiger partial charge is 0.269 e. The maximum Gasteiger partial charge on any atom is 0.269 e. The molecule has 0 fully saturated rings. The van der Waals surface area contributed by atoms with Crippen molar-refractivity contribution in [1.29, 1.82) is 0 Å². The minimum Gasteiger partial charge on any atom is -0.493 e. The topological polar surface area (TPSA) is 77.1 Å². The van der Waals surface area contributed by atoms with Crippen LogP contribution in [0.2, 0.25) is 0 Å². The average Bonchev–Trinajstić information content (AvgIpc) is 2.70. The average molecular weight is 428 g/mol. The number of ether oxygens (including phenoxy) is 1. The molecule has 0 radical (unpaired) electrons. The predicted octanol–water partition coefficient (Wildman–Crippen LogP) is 6.72. The second-order valence-electron chi connectivity index (χ2n) is 5.85. The van der Waals surface area contributed by atoms with E-state index in [9.17, 15) is 10.1 Å². The van der Waals surface area contributed by atoms with Crippen molar-refractivity contribution in [3.8, 4) is 5.75 Å². The van der Waals surface area contributed by atoms with Gasteiger partial charge in [0.2, 0.25) is 0 Å². The van der Waals surface area contributed by atoms with Gasteiger partial charge in [0.15, 0.2) is 0 Å². The number of benzene rings is 3. The third-order valence-corrected chi connectivity index (χ3v) is 4.54. The summed E-state index contributed by atoms with van der Waals surface area (Å²) in [7, 11) is 0. The number of alkyl halides is 1. The van der Waals surface area contributed by atoms with Crippen molar-refractivity contribution < 1.29 is 9.66 Å². The maximum absolute atomic E-state index is 10.7. The fraction of sp³-hybridized carbons (Fsp3) is 0.200. The van der Waals surface area contributed by atoms with Crippen molar-refractivity contribution in [1.82, 2.24) is 0 Å². The van der Waals surface area contributed by atoms with Gasteiger partial charge in [-0.3, -0.25) is 10.1 Å². The fourth-order valence-corrected chi connectivity index (χ4v) is 3.00. The van der Waals surface area contributed by atoms with E-state index < -0.39 is 4.92 Å². The molecule has 0 unspecified atom stereocenters. The number of nitro benzene ring substituents is 1. The summed E-state index contributed by atoms with van der Waals surface area (Å²) in [4.78, 5) is 10.3. The van der Waals surface area contributed by atoms with E-state index in [1.54, 1.807) is 12.1 Å². The van der Waals surface area contributed by atoms with Gasteiger partial charge in [-0.05, 0) is 37.1 Å². The molecule has 7 heteroatoms. The van der Waals surface area contributed by atoms with Crippen molar-refractivity contribution in [2.75, 3.05) is 11.9 Å². The Morgan fingerprint density at radius 1 is 0.926 bits per heavy atom. The number of rotatable bonds is 8. The maximum atomic E-state index is 10.7. The van der Waals surface area contributed by atoms with E-state index in [1.807, 2.05) is 36.4 Å². The number of non-ortho nitro benzene ring substituents is 1. The molecule has 0 aliphatic carbocycles. The van der Waals surface area contributed by atoms with Crippen molar-refractivity contribution in [3.63, 3.8) is 0 Å². The Labute approximate surface area is 165 Å². The van der Waals surface area contributed by atoms with Crippen molar-refractivity contribution in [3.05, 3.63) is 70.8 Å². The lowest BCUT2D eigenvalue weighted by Crippen LogP contribution is -1.98. The van der Waals surface area contributed by atoms with Crippen LogP contribution in [0.3, 0.4) is 0 Å². The van der Waals surface area contributed by atoms with Gasteiger partial charge in [-0.2, -0.15) is 5.11 Å². The summed E-state index contributed by atoms with van der Waals surface area (Å²) in [6.45, 7) is 0.666. The van der Waals surface area contributed by atoms with Crippen LogP contribution in [0.5, 0.6) is 5.75 Å². The summed E-state index contributed by atoms with van der Waals surface area (Å²) in [6.07, 6.45) is 2.06. The number of halogens is 1. The molecule has 0 aliphatic rings. The normalized spacial score (nSPS) is 11.1. The van der Waals surface area contributed by atoms with Crippen LogP contribution in [0.15, 0.2) is 70.9 Å². The largest absolute Gasteiger partial charge is 0.493 e. The summed E-state index contributed by atoms with van der Waals surface area (Å²) < 4.78 is 5.92. The molecule has 0 bridgehead atoms. The van der Waals surface area contributed by atoms with Crippen LogP contribution in [0.25, 0.3) is 10.8 Å². The third-order valence-electron chi connectivity index (χ3n) is 3.98. The van der Waals surface area contributed by atoms with Crippen LogP contribution in [-0.2, 0) is 0 Å². The van der Waals surface area contributed by atoms with Crippen molar-refractivity contribution in [2.24, 2.45) is 10.2 Å². The van der Waals surface area contributed by atoms with E-state index in [-0.39, 0.29) is 5.69 Å². The molecule has 0 spiro atoms. The molecule has 0 N–H and O–H groups in total. The Hall–Kier alpha value is -2.80. The number of unbranched alkanes of at least 4 members (excludes halogenated alkanes) is 1. The Balaban J connectivity index is 1.83. The molecule has 0 aromatic heterocycles. The third kappa shape index (κ3) is 4.89. The zero-order valence-electron chi connectivity index (χ0n) is 14.5. The molecule has 6 nitrogen and oxygen atoms in total. The Morgan fingerprint density at radius 2 is 1.67 bits per heavy atom. The molecular formula is C20H18BrN3O3. The van der Waals surface area contributed by atoms with Gasteiger partial charge >= 0.3 is 0 Å². The summed E-state index contributed by atoms with van der Waals surface area (Å²) >= 11 is 3.42. The number of hydrogen-bond donors (Lipinski definition) is 0. The van der Waals surface area contributed by atoms with Crippen molar-refractivity contribution >= 4 is 43.8 Å². The highest BCUT2D eigenvalue weighted by Crippen LogP contribution is 2.34. The summed E-state index contributed by atoms with van der Waals surface area (Å²) in [5, 5.41) is 22.1. The molecule has 27 heavy (non-hydrogen) atoms. The number of fused-ring (bicyclic) bond motifs is 1. The van der Waals surface area contributed by atoms with Crippen LogP contribution in [0, 0.1) is 10.1 Å². The van der Waals surface area contributed by atoms with E-state index in [2.05, 4.69) is 26.2 Å². The number of nitrogens with zero attached hydrogens (tertiary/aromatic N) is 3. The van der Waals surface area contributed by atoms with Gasteiger partial charge in [0, 0.05) is 28.2 Å². The van der Waals surface area contributed by atoms with Gasteiger partial charge in [0.1, 0.15) is 5.75 Å². The van der Waals surface area contributed by atoms with Gasteiger partial charge in [-0.15, -0.1) is 5.11 Å². The van der Waals surface area contributed by atoms with Gasteiger partial charge in [0.25, 0.3) is 5.69 Å². The van der Waals surface area contributed by atoms with Crippen LogP contribution >= 0.6 is 15.9 Å². The Morgan fingerprint density at radius 3 is 2.37 bits per heavy atom. The minimum absolute atomic E-state index is 0.0285. The molecule has 0 saturated heterocycles. The molecule has 0 atom stereocenters. The number of azo groups is 1. The van der Waals surface area contributed by atoms with E-state index in [0.717, 1.165) is 40.4 Å². The van der Waals surface area contributed by atoms with E-state index in [4.69, 9.17) is 4.74 Å². The first-order chi connectivity index (χ1) is 13.2. The van der Waals surface area contributed by atoms with Crippen molar-refractivity contribution in [2.45, 2.75) is 12.8 Å². The lowest BCUT2D eigenvalue weighted by Gasteiger charge is -2.10.